The Morgan fingerprint density at radius 3 is 2.41 bits per heavy atom. The van der Waals surface area contributed by atoms with Crippen LogP contribution in [-0.2, 0) is 25.5 Å². The minimum atomic E-state index is -4.67. The molecule has 10 heteroatoms. The van der Waals surface area contributed by atoms with Crippen molar-refractivity contribution < 1.29 is 31.1 Å². The molecule has 1 aromatic heterocycles. The predicted octanol–water partition coefficient (Wildman–Crippen LogP) is 4.22. The Labute approximate surface area is 159 Å². The van der Waals surface area contributed by atoms with Crippen molar-refractivity contribution in [2.24, 2.45) is 0 Å². The molecule has 27 heavy (non-hydrogen) atoms. The lowest BCUT2D eigenvalue weighted by Crippen LogP contribution is -2.18. The first-order valence-electron chi connectivity index (χ1n) is 7.65. The molecule has 0 unspecified atom stereocenters. The number of hydrogen-bond acceptors (Lipinski definition) is 5. The van der Waals surface area contributed by atoms with Gasteiger partial charge in [0, 0.05) is 12.6 Å². The number of halogens is 4. The molecule has 2 rings (SSSR count). The van der Waals surface area contributed by atoms with Gasteiger partial charge in [0.15, 0.2) is 9.84 Å². The number of ether oxygens (including phenoxy) is 1. The summed E-state index contributed by atoms with van der Waals surface area (Å²) in [4.78, 5) is 15.1. The Hall–Kier alpha value is -2.13. The smallest absolute Gasteiger partial charge is 0.417 e. The minimum absolute atomic E-state index is 0.0577. The highest BCUT2D eigenvalue weighted by Gasteiger charge is 2.36. The first-order valence-corrected chi connectivity index (χ1v) is 9.58. The van der Waals surface area contributed by atoms with Crippen molar-refractivity contribution in [1.82, 2.24) is 4.98 Å². The Balaban J connectivity index is 2.52. The normalized spacial score (nSPS) is 13.2. The molecule has 0 aliphatic carbocycles. The molecule has 0 amide bonds. The molecule has 1 aromatic carbocycles. The lowest BCUT2D eigenvalue weighted by molar-refractivity contribution is -0.140. The van der Waals surface area contributed by atoms with E-state index >= 15 is 0 Å². The van der Waals surface area contributed by atoms with Gasteiger partial charge in [0.2, 0.25) is 0 Å². The van der Waals surface area contributed by atoms with Crippen molar-refractivity contribution in [1.29, 1.82) is 0 Å². The topological polar surface area (TPSA) is 73.3 Å². The molecule has 0 radical (unpaired) electrons. The summed E-state index contributed by atoms with van der Waals surface area (Å²) in [5, 5.41) is -1.85. The molecule has 0 bridgehead atoms. The van der Waals surface area contributed by atoms with Gasteiger partial charge in [-0.25, -0.2) is 8.42 Å². The molecule has 5 nitrogen and oxygen atoms in total. The third-order valence-corrected chi connectivity index (χ3v) is 6.23. The van der Waals surface area contributed by atoms with E-state index in [1.165, 1.54) is 24.3 Å². The fourth-order valence-electron chi connectivity index (χ4n) is 2.40. The number of carbonyl (C=O) groups excluding carboxylic acids is 1. The van der Waals surface area contributed by atoms with E-state index in [2.05, 4.69) is 9.72 Å². The lowest BCUT2D eigenvalue weighted by atomic mass is 10.1. The van der Waals surface area contributed by atoms with Crippen molar-refractivity contribution >= 4 is 27.4 Å². The van der Waals surface area contributed by atoms with Crippen LogP contribution in [0.5, 0.6) is 0 Å². The van der Waals surface area contributed by atoms with Crippen LogP contribution in [-0.4, -0.2) is 26.5 Å². The zero-order valence-corrected chi connectivity index (χ0v) is 15.6. The number of carbonyl (C=O) groups is 1. The van der Waals surface area contributed by atoms with Crippen LogP contribution in [0.15, 0.2) is 47.5 Å². The summed E-state index contributed by atoms with van der Waals surface area (Å²) in [5.41, 5.74) is -1.35. The molecule has 0 N–H and O–H groups in total. The number of sulfone groups is 1. The van der Waals surface area contributed by atoms with Gasteiger partial charge >= 0.3 is 12.1 Å². The third kappa shape index (κ3) is 4.98. The van der Waals surface area contributed by atoms with Crippen LogP contribution in [0.4, 0.5) is 13.2 Å². The maximum atomic E-state index is 13.0. The van der Waals surface area contributed by atoms with Crippen LogP contribution in [0, 0.1) is 0 Å². The monoisotopic (exact) mass is 421 g/mol. The molecule has 0 aliphatic rings. The summed E-state index contributed by atoms with van der Waals surface area (Å²) in [7, 11) is -2.92. The number of hydrogen-bond donors (Lipinski definition) is 0. The van der Waals surface area contributed by atoms with E-state index in [0.29, 0.717) is 12.3 Å². The van der Waals surface area contributed by atoms with E-state index in [-0.39, 0.29) is 23.4 Å². The molecule has 0 saturated heterocycles. The number of alkyl halides is 3. The maximum Gasteiger partial charge on any atom is 0.417 e. The summed E-state index contributed by atoms with van der Waals surface area (Å²) in [6, 6.07) is 7.94. The second-order valence-corrected chi connectivity index (χ2v) is 8.09. The van der Waals surface area contributed by atoms with Crippen LogP contribution >= 0.6 is 11.6 Å². The Morgan fingerprint density at radius 1 is 1.26 bits per heavy atom. The molecule has 0 spiro atoms. The number of benzene rings is 1. The van der Waals surface area contributed by atoms with Crippen molar-refractivity contribution in [3.05, 3.63) is 58.9 Å². The zero-order valence-electron chi connectivity index (χ0n) is 14.0. The summed E-state index contributed by atoms with van der Waals surface area (Å²) < 4.78 is 69.0. The molecule has 1 heterocycles. The number of nitrogens with zero attached hydrogens (tertiary/aromatic N) is 1. The molecule has 0 fully saturated rings. The average Bonchev–Trinajstić information content (AvgIpc) is 2.62. The van der Waals surface area contributed by atoms with E-state index in [9.17, 15) is 26.4 Å². The van der Waals surface area contributed by atoms with Crippen LogP contribution in [0.3, 0.4) is 0 Å². The second-order valence-electron chi connectivity index (χ2n) is 5.55. The number of rotatable bonds is 6. The van der Waals surface area contributed by atoms with Gasteiger partial charge in [-0.1, -0.05) is 29.8 Å². The SMILES string of the molecule is COC(=O)CC[C@@H](c1ncc(C(F)(F)F)cc1Cl)S(=O)(=O)c1ccccc1. The average molecular weight is 422 g/mol. The predicted molar refractivity (Wildman–Crippen MR) is 91.9 cm³/mol. The first-order chi connectivity index (χ1) is 12.6. The number of esters is 1. The van der Waals surface area contributed by atoms with Crippen LogP contribution < -0.4 is 0 Å². The molecule has 0 saturated carbocycles. The summed E-state index contributed by atoms with van der Waals surface area (Å²) in [6.45, 7) is 0. The van der Waals surface area contributed by atoms with E-state index in [0.717, 1.165) is 7.11 Å². The van der Waals surface area contributed by atoms with Gasteiger partial charge < -0.3 is 4.74 Å². The largest absolute Gasteiger partial charge is 0.469 e. The minimum Gasteiger partial charge on any atom is -0.469 e. The van der Waals surface area contributed by atoms with Gasteiger partial charge in [0.1, 0.15) is 5.25 Å². The van der Waals surface area contributed by atoms with E-state index in [1.807, 2.05) is 0 Å². The Bertz CT molecular complexity index is 918. The standard InChI is InChI=1S/C17H15ClF3NO4S/c1-26-15(23)8-7-14(27(24,25)12-5-3-2-4-6-12)16-13(18)9-11(10-22-16)17(19,20)21/h2-6,9-10,14H,7-8H2,1H3/t14-/m0/s1. The summed E-state index contributed by atoms with van der Waals surface area (Å²) in [5.74, 6) is -0.661. The second kappa shape index (κ2) is 8.26. The van der Waals surface area contributed by atoms with Gasteiger partial charge in [-0.2, -0.15) is 13.2 Å². The fraction of sp³-hybridized carbons (Fsp3) is 0.294. The van der Waals surface area contributed by atoms with Crippen molar-refractivity contribution in [2.75, 3.05) is 7.11 Å². The van der Waals surface area contributed by atoms with Crippen LogP contribution in [0.1, 0.15) is 29.3 Å². The van der Waals surface area contributed by atoms with Gasteiger partial charge in [-0.3, -0.25) is 9.78 Å². The quantitative estimate of drug-likeness (QED) is 0.653. The summed E-state index contributed by atoms with van der Waals surface area (Å²) >= 11 is 5.93. The number of pyridine rings is 1. The highest BCUT2D eigenvalue weighted by atomic mass is 35.5. The zero-order chi connectivity index (χ0) is 20.2. The van der Waals surface area contributed by atoms with Gasteiger partial charge in [-0.05, 0) is 24.6 Å². The van der Waals surface area contributed by atoms with Crippen molar-refractivity contribution in [3.8, 4) is 0 Å². The first kappa shape index (κ1) is 21.2. The van der Waals surface area contributed by atoms with Gasteiger partial charge in [0.25, 0.3) is 0 Å². The number of aromatic nitrogens is 1. The van der Waals surface area contributed by atoms with Crippen molar-refractivity contribution in [3.63, 3.8) is 0 Å². The highest BCUT2D eigenvalue weighted by molar-refractivity contribution is 7.91. The van der Waals surface area contributed by atoms with E-state index in [1.54, 1.807) is 6.07 Å². The lowest BCUT2D eigenvalue weighted by Gasteiger charge is -2.19. The molecular weight excluding hydrogens is 407 g/mol. The third-order valence-electron chi connectivity index (χ3n) is 3.79. The maximum absolute atomic E-state index is 13.0. The van der Waals surface area contributed by atoms with Crippen molar-refractivity contribution in [2.45, 2.75) is 29.2 Å². The highest BCUT2D eigenvalue weighted by Crippen LogP contribution is 2.38. The Kier molecular flexibility index (Phi) is 6.48. The summed E-state index contributed by atoms with van der Waals surface area (Å²) in [6.07, 6.45) is -4.67. The molecule has 146 valence electrons. The van der Waals surface area contributed by atoms with Gasteiger partial charge in [-0.15, -0.1) is 0 Å². The van der Waals surface area contributed by atoms with Crippen LogP contribution in [0.25, 0.3) is 0 Å². The molecule has 1 atom stereocenters. The molecule has 2 aromatic rings. The molecule has 0 aliphatic heterocycles. The fourth-order valence-corrected chi connectivity index (χ4v) is 4.54. The van der Waals surface area contributed by atoms with E-state index in [4.69, 9.17) is 11.6 Å². The molecular formula is C17H15ClF3NO4S. The van der Waals surface area contributed by atoms with Gasteiger partial charge in [0.05, 0.1) is 28.3 Å². The van der Waals surface area contributed by atoms with Crippen LogP contribution in [0.2, 0.25) is 5.02 Å². The number of methoxy groups -OCH3 is 1. The Morgan fingerprint density at radius 2 is 1.89 bits per heavy atom. The van der Waals surface area contributed by atoms with E-state index < -0.39 is 37.8 Å².